The normalized spacial score (nSPS) is 15.9. The van der Waals surface area contributed by atoms with Gasteiger partial charge in [-0.25, -0.2) is 0 Å². The van der Waals surface area contributed by atoms with E-state index in [-0.39, 0.29) is 0 Å². The molecule has 0 N–H and O–H groups in total. The van der Waals surface area contributed by atoms with Crippen molar-refractivity contribution >= 4 is 14.6 Å². The molecule has 1 aromatic rings. The van der Waals surface area contributed by atoms with E-state index < -0.39 is 0 Å². The summed E-state index contributed by atoms with van der Waals surface area (Å²) in [5.41, 5.74) is 1.06. The average Bonchev–Trinajstić information content (AvgIpc) is 2.19. The van der Waals surface area contributed by atoms with Crippen molar-refractivity contribution in [3.63, 3.8) is 0 Å². The Balaban J connectivity index is 2.36. The molecule has 0 spiro atoms. The van der Waals surface area contributed by atoms with Crippen LogP contribution in [-0.4, -0.2) is 6.61 Å². The van der Waals surface area contributed by atoms with Crippen LogP contribution >= 0.6 is 8.81 Å². The zero-order valence-corrected chi connectivity index (χ0v) is 8.41. The van der Waals surface area contributed by atoms with Crippen molar-refractivity contribution in [2.24, 2.45) is 0 Å². The second kappa shape index (κ2) is 3.80. The van der Waals surface area contributed by atoms with E-state index in [4.69, 9.17) is 9.26 Å². The van der Waals surface area contributed by atoms with Gasteiger partial charge in [-0.2, -0.15) is 0 Å². The lowest BCUT2D eigenvalue weighted by molar-refractivity contribution is 0.297. The topological polar surface area (TPSA) is 18.5 Å². The molecular weight excluding hydrogens is 183 g/mol. The molecule has 0 bridgehead atoms. The molecule has 0 saturated carbocycles. The van der Waals surface area contributed by atoms with Gasteiger partial charge in [0.25, 0.3) is 0 Å². The van der Waals surface area contributed by atoms with E-state index in [9.17, 15) is 0 Å². The molecule has 3 heteroatoms. The van der Waals surface area contributed by atoms with Gasteiger partial charge >= 0.3 is 0 Å². The van der Waals surface area contributed by atoms with Crippen LogP contribution in [0.15, 0.2) is 30.1 Å². The van der Waals surface area contributed by atoms with Gasteiger partial charge in [-0.05, 0) is 19.1 Å². The van der Waals surface area contributed by atoms with Crippen molar-refractivity contribution in [1.82, 2.24) is 0 Å². The number of benzene rings is 1. The van der Waals surface area contributed by atoms with Gasteiger partial charge in [-0.3, -0.25) is 0 Å². The maximum absolute atomic E-state index is 5.50. The molecule has 0 saturated heterocycles. The van der Waals surface area contributed by atoms with Gasteiger partial charge < -0.3 is 9.26 Å². The summed E-state index contributed by atoms with van der Waals surface area (Å²) in [6.07, 6.45) is 0. The molecule has 1 heterocycles. The molecule has 0 radical (unpaired) electrons. The van der Waals surface area contributed by atoms with Crippen LogP contribution < -0.4 is 4.52 Å². The van der Waals surface area contributed by atoms with Gasteiger partial charge in [-0.1, -0.05) is 12.1 Å². The highest BCUT2D eigenvalue weighted by Crippen LogP contribution is 2.38. The van der Waals surface area contributed by atoms with Crippen LogP contribution in [0.5, 0.6) is 5.75 Å². The predicted octanol–water partition coefficient (Wildman–Crippen LogP) is 3.01. The van der Waals surface area contributed by atoms with E-state index in [0.29, 0.717) is 15.4 Å². The molecule has 0 aromatic heterocycles. The standard InChI is InChI=1S/C10H11O2P/c1-2-11-10-7-13-12-9-6-4-3-5-8(9)10/h3-7,13H,2H2,1H3. The van der Waals surface area contributed by atoms with Gasteiger partial charge in [-0.15, -0.1) is 0 Å². The minimum absolute atomic E-state index is 0.372. The molecule has 68 valence electrons. The molecule has 2 rings (SSSR count). The molecule has 1 unspecified atom stereocenters. The van der Waals surface area contributed by atoms with Gasteiger partial charge in [0.15, 0.2) is 0 Å². The largest absolute Gasteiger partial charge is 0.493 e. The minimum Gasteiger partial charge on any atom is -0.493 e. The number of rotatable bonds is 2. The lowest BCUT2D eigenvalue weighted by atomic mass is 10.2. The Hall–Kier alpha value is -1.01. The predicted molar refractivity (Wildman–Crippen MR) is 55.0 cm³/mol. The third-order valence-electron chi connectivity index (χ3n) is 1.81. The van der Waals surface area contributed by atoms with Crippen molar-refractivity contribution in [2.75, 3.05) is 6.61 Å². The monoisotopic (exact) mass is 194 g/mol. The molecule has 1 aliphatic rings. The summed E-state index contributed by atoms with van der Waals surface area (Å²) in [4.78, 5) is 0. The van der Waals surface area contributed by atoms with Crippen molar-refractivity contribution in [2.45, 2.75) is 6.92 Å². The highest BCUT2D eigenvalue weighted by Gasteiger charge is 2.13. The second-order valence-corrected chi connectivity index (χ2v) is 3.39. The Morgan fingerprint density at radius 3 is 3.08 bits per heavy atom. The number of hydrogen-bond donors (Lipinski definition) is 0. The fraction of sp³-hybridized carbons (Fsp3) is 0.200. The van der Waals surface area contributed by atoms with Crippen LogP contribution in [0.25, 0.3) is 5.76 Å². The third kappa shape index (κ3) is 1.68. The van der Waals surface area contributed by atoms with Gasteiger partial charge in [0.1, 0.15) is 20.3 Å². The quantitative estimate of drug-likeness (QED) is 0.674. The van der Waals surface area contributed by atoms with E-state index in [2.05, 4.69) is 0 Å². The van der Waals surface area contributed by atoms with Gasteiger partial charge in [0.2, 0.25) is 0 Å². The summed E-state index contributed by atoms with van der Waals surface area (Å²) in [6, 6.07) is 7.94. The summed E-state index contributed by atoms with van der Waals surface area (Å²) in [5, 5.41) is 0. The first-order chi connectivity index (χ1) is 6.42. The molecular formula is C10H11O2P. The minimum atomic E-state index is 0.372. The lowest BCUT2D eigenvalue weighted by Crippen LogP contribution is -1.97. The van der Waals surface area contributed by atoms with E-state index in [1.807, 2.05) is 37.0 Å². The smallest absolute Gasteiger partial charge is 0.134 e. The van der Waals surface area contributed by atoms with Crippen LogP contribution in [0.3, 0.4) is 0 Å². The van der Waals surface area contributed by atoms with Crippen LogP contribution in [0, 0.1) is 0 Å². The zero-order chi connectivity index (χ0) is 9.10. The Bertz CT molecular complexity index is 333. The van der Waals surface area contributed by atoms with Crippen molar-refractivity contribution in [3.8, 4) is 5.75 Å². The molecule has 2 nitrogen and oxygen atoms in total. The number of para-hydroxylation sites is 1. The first-order valence-corrected chi connectivity index (χ1v) is 5.25. The maximum atomic E-state index is 5.50. The van der Waals surface area contributed by atoms with Gasteiger partial charge in [0, 0.05) is 5.82 Å². The van der Waals surface area contributed by atoms with E-state index >= 15 is 0 Å². The molecule has 1 atom stereocenters. The Labute approximate surface area is 79.4 Å². The Morgan fingerprint density at radius 2 is 2.23 bits per heavy atom. The molecule has 0 aliphatic carbocycles. The molecule has 13 heavy (non-hydrogen) atoms. The number of hydrogen-bond acceptors (Lipinski definition) is 2. The average molecular weight is 194 g/mol. The summed E-state index contributed by atoms with van der Waals surface area (Å²) < 4.78 is 11.0. The fourth-order valence-electron chi connectivity index (χ4n) is 1.26. The van der Waals surface area contributed by atoms with Crippen molar-refractivity contribution in [3.05, 3.63) is 35.6 Å². The molecule has 0 amide bonds. The fourth-order valence-corrected chi connectivity index (χ4v) is 1.97. The number of fused-ring (bicyclic) bond motifs is 1. The summed E-state index contributed by atoms with van der Waals surface area (Å²) >= 11 is 0. The van der Waals surface area contributed by atoms with E-state index in [1.54, 1.807) is 0 Å². The number of ether oxygens (including phenoxy) is 1. The van der Waals surface area contributed by atoms with Crippen LogP contribution in [0.1, 0.15) is 12.5 Å². The highest BCUT2D eigenvalue weighted by atomic mass is 31.1. The summed E-state index contributed by atoms with van der Waals surface area (Å²) in [7, 11) is 0.372. The van der Waals surface area contributed by atoms with Crippen LogP contribution in [0.4, 0.5) is 0 Å². The summed E-state index contributed by atoms with van der Waals surface area (Å²) in [5.74, 6) is 3.86. The summed E-state index contributed by atoms with van der Waals surface area (Å²) in [6.45, 7) is 2.69. The Kier molecular flexibility index (Phi) is 2.51. The molecule has 1 aliphatic heterocycles. The first kappa shape index (κ1) is 8.58. The first-order valence-electron chi connectivity index (χ1n) is 4.26. The maximum Gasteiger partial charge on any atom is 0.134 e. The molecule has 0 fully saturated rings. The van der Waals surface area contributed by atoms with Crippen molar-refractivity contribution in [1.29, 1.82) is 0 Å². The van der Waals surface area contributed by atoms with Crippen molar-refractivity contribution < 1.29 is 9.26 Å². The third-order valence-corrected chi connectivity index (χ3v) is 2.53. The Morgan fingerprint density at radius 1 is 1.38 bits per heavy atom. The SMILES string of the molecule is CCOC1=CPOc2ccccc21. The zero-order valence-electron chi connectivity index (χ0n) is 7.41. The van der Waals surface area contributed by atoms with Gasteiger partial charge in [0.05, 0.1) is 12.2 Å². The van der Waals surface area contributed by atoms with E-state index in [1.165, 1.54) is 0 Å². The second-order valence-electron chi connectivity index (χ2n) is 2.66. The van der Waals surface area contributed by atoms with Crippen LogP contribution in [-0.2, 0) is 4.74 Å². The highest BCUT2D eigenvalue weighted by molar-refractivity contribution is 7.37. The molecule has 1 aromatic carbocycles. The lowest BCUT2D eigenvalue weighted by Gasteiger charge is -2.17. The van der Waals surface area contributed by atoms with Crippen LogP contribution in [0.2, 0.25) is 0 Å². The van der Waals surface area contributed by atoms with E-state index in [0.717, 1.165) is 17.1 Å².